The number of aryl methyl sites for hydroxylation is 3. The molecule has 0 atom stereocenters. The first-order valence-corrected chi connectivity index (χ1v) is 13.3. The van der Waals surface area contributed by atoms with Crippen LogP contribution < -0.4 is 0 Å². The van der Waals surface area contributed by atoms with E-state index in [1.54, 1.807) is 20.8 Å². The van der Waals surface area contributed by atoms with Gasteiger partial charge in [0.15, 0.2) is 0 Å². The van der Waals surface area contributed by atoms with Crippen molar-refractivity contribution in [2.75, 3.05) is 0 Å². The zero-order valence-electron chi connectivity index (χ0n) is 19.2. The fraction of sp³-hybridized carbons (Fsp3) is 0.250. The SMILES string of the molecule is Cc1ccc(S([OH+]S(=O)(=O)C(F)(F)C(F)(F)C(F)(F)F)(c2ccc(C)cc2)c2ccc(C)cc2)cc1. The van der Waals surface area contributed by atoms with E-state index in [1.165, 1.54) is 72.8 Å². The quantitative estimate of drug-likeness (QED) is 0.168. The fourth-order valence-corrected chi connectivity index (χ4v) is 8.69. The Morgan fingerprint density at radius 3 is 1.08 bits per heavy atom. The molecule has 0 bridgehead atoms. The summed E-state index contributed by atoms with van der Waals surface area (Å²) in [7, 11) is -10.4. The van der Waals surface area contributed by atoms with Gasteiger partial charge in [-0.15, -0.1) is 8.42 Å². The maximum Gasteiger partial charge on any atom is 0.489 e. The van der Waals surface area contributed by atoms with Gasteiger partial charge in [0.05, 0.1) is 25.0 Å². The van der Waals surface area contributed by atoms with Crippen LogP contribution in [-0.4, -0.2) is 29.4 Å². The van der Waals surface area contributed by atoms with Crippen LogP contribution in [0.4, 0.5) is 30.7 Å². The van der Waals surface area contributed by atoms with E-state index in [-0.39, 0.29) is 14.7 Å². The molecular weight excluding hydrogens is 533 g/mol. The van der Waals surface area contributed by atoms with Crippen LogP contribution >= 0.6 is 10.3 Å². The second-order valence-corrected chi connectivity index (χ2v) is 12.8. The van der Waals surface area contributed by atoms with Crippen LogP contribution in [0, 0.1) is 20.8 Å². The molecule has 3 rings (SSSR count). The summed E-state index contributed by atoms with van der Waals surface area (Å²) in [4.78, 5) is 0.154. The van der Waals surface area contributed by atoms with Crippen molar-refractivity contribution in [3.8, 4) is 0 Å². The van der Waals surface area contributed by atoms with Crippen molar-refractivity contribution in [3.05, 3.63) is 89.5 Å². The summed E-state index contributed by atoms with van der Waals surface area (Å²) in [5.74, 6) is -6.89. The average molecular weight is 556 g/mol. The van der Waals surface area contributed by atoms with Gasteiger partial charge >= 0.3 is 27.5 Å². The molecule has 0 heterocycles. The first-order valence-electron chi connectivity index (χ1n) is 10.3. The average Bonchev–Trinajstić information content (AvgIpc) is 2.78. The van der Waals surface area contributed by atoms with Gasteiger partial charge in [-0.1, -0.05) is 53.1 Å². The molecule has 3 nitrogen and oxygen atoms in total. The minimum atomic E-state index is -6.89. The van der Waals surface area contributed by atoms with Gasteiger partial charge in [-0.25, -0.2) is 0 Å². The van der Waals surface area contributed by atoms with Crippen LogP contribution in [-0.2, 0) is 10.1 Å². The second kappa shape index (κ2) is 9.38. The fourth-order valence-electron chi connectivity index (χ4n) is 3.26. The Balaban J connectivity index is 2.39. The van der Waals surface area contributed by atoms with Gasteiger partial charge in [0, 0.05) is 0 Å². The molecule has 36 heavy (non-hydrogen) atoms. The lowest BCUT2D eigenvalue weighted by Crippen LogP contribution is -2.57. The molecule has 3 aromatic rings. The minimum absolute atomic E-state index is 0.0514. The van der Waals surface area contributed by atoms with Crippen LogP contribution in [0.5, 0.6) is 0 Å². The maximum atomic E-state index is 14.6. The molecule has 0 unspecified atom stereocenters. The van der Waals surface area contributed by atoms with Crippen molar-refractivity contribution in [1.29, 1.82) is 0 Å². The smallest absolute Gasteiger partial charge is 0.257 e. The van der Waals surface area contributed by atoms with Crippen molar-refractivity contribution >= 4 is 20.4 Å². The van der Waals surface area contributed by atoms with Crippen LogP contribution in [0.1, 0.15) is 16.7 Å². The number of benzene rings is 3. The molecule has 0 spiro atoms. The lowest BCUT2D eigenvalue weighted by Gasteiger charge is -2.36. The van der Waals surface area contributed by atoms with E-state index in [4.69, 9.17) is 0 Å². The molecule has 0 saturated carbocycles. The van der Waals surface area contributed by atoms with E-state index in [2.05, 4.69) is 3.63 Å². The summed E-state index contributed by atoms with van der Waals surface area (Å²) in [6.07, 6.45) is -6.84. The maximum absolute atomic E-state index is 14.6. The molecule has 0 amide bonds. The number of hydrogen-bond donors (Lipinski definition) is 0. The zero-order valence-corrected chi connectivity index (χ0v) is 20.8. The van der Waals surface area contributed by atoms with E-state index < -0.39 is 37.8 Å². The van der Waals surface area contributed by atoms with Crippen molar-refractivity contribution < 1.29 is 42.8 Å². The van der Waals surface area contributed by atoms with E-state index in [0.29, 0.717) is 16.7 Å². The highest BCUT2D eigenvalue weighted by molar-refractivity contribution is 8.32. The Morgan fingerprint density at radius 2 is 0.833 bits per heavy atom. The lowest BCUT2D eigenvalue weighted by molar-refractivity contribution is -0.333. The van der Waals surface area contributed by atoms with Crippen LogP contribution in [0.2, 0.25) is 0 Å². The molecule has 0 aliphatic carbocycles. The molecular formula is C24H22F7O3S2+. The second-order valence-electron chi connectivity index (χ2n) is 8.16. The Kier molecular flexibility index (Phi) is 7.30. The van der Waals surface area contributed by atoms with E-state index >= 15 is 0 Å². The zero-order chi connectivity index (χ0) is 27.2. The summed E-state index contributed by atoms with van der Waals surface area (Å²) in [6, 6.07) is 17.5. The van der Waals surface area contributed by atoms with Crippen LogP contribution in [0.3, 0.4) is 0 Å². The third-order valence-electron chi connectivity index (χ3n) is 5.34. The highest BCUT2D eigenvalue weighted by Crippen LogP contribution is 2.69. The Morgan fingerprint density at radius 1 is 0.556 bits per heavy atom. The van der Waals surface area contributed by atoms with Crippen molar-refractivity contribution in [3.63, 3.8) is 0 Å². The van der Waals surface area contributed by atoms with E-state index in [9.17, 15) is 39.2 Å². The molecule has 0 radical (unpaired) electrons. The van der Waals surface area contributed by atoms with Crippen LogP contribution in [0.25, 0.3) is 0 Å². The molecule has 0 aliphatic rings. The summed E-state index contributed by atoms with van der Waals surface area (Å²) in [5.41, 5.74) is 2.12. The topological polar surface area (TPSA) is 46.9 Å². The molecule has 0 aliphatic heterocycles. The molecule has 0 fully saturated rings. The number of hydrogen-bond acceptors (Lipinski definition) is 2. The summed E-state index contributed by atoms with van der Waals surface area (Å²) >= 11 is 0. The molecule has 3 aromatic carbocycles. The number of alkyl halides is 7. The van der Waals surface area contributed by atoms with Crippen molar-refractivity contribution in [2.45, 2.75) is 52.8 Å². The Hall–Kier alpha value is -2.57. The van der Waals surface area contributed by atoms with Gasteiger partial charge in [-0.05, 0) is 57.2 Å². The first kappa shape index (κ1) is 28.0. The number of rotatable bonds is 7. The van der Waals surface area contributed by atoms with Gasteiger partial charge in [0.2, 0.25) is 0 Å². The van der Waals surface area contributed by atoms with E-state index in [1.807, 2.05) is 0 Å². The van der Waals surface area contributed by atoms with Gasteiger partial charge in [0.1, 0.15) is 0 Å². The van der Waals surface area contributed by atoms with Crippen LogP contribution in [0.15, 0.2) is 87.5 Å². The summed E-state index contributed by atoms with van der Waals surface area (Å²) < 4.78 is 124. The predicted octanol–water partition coefficient (Wildman–Crippen LogP) is 8.02. The van der Waals surface area contributed by atoms with Gasteiger partial charge < -0.3 is 0 Å². The highest BCUT2D eigenvalue weighted by Gasteiger charge is 2.82. The Bertz CT molecular complexity index is 1210. The monoisotopic (exact) mass is 555 g/mol. The van der Waals surface area contributed by atoms with Gasteiger partial charge in [0.25, 0.3) is 0 Å². The molecule has 1 N–H and O–H groups in total. The first-order chi connectivity index (χ1) is 16.5. The molecule has 0 aromatic heterocycles. The third kappa shape index (κ3) is 4.73. The summed E-state index contributed by atoms with van der Waals surface area (Å²) in [6.45, 7) is 5.10. The Labute approximate surface area is 205 Å². The standard InChI is InChI=1S/C24H21F7O3S2/c1-16-4-10-19(11-5-16)35(20-12-6-17(2)7-13-20,21-14-8-18(3)9-15-21)34-36(32,33)24(30,31)22(25,26)23(27,28)29/h4-15H,1-3H3/p+1. The predicted molar refractivity (Wildman–Crippen MR) is 123 cm³/mol. The van der Waals surface area contributed by atoms with Gasteiger partial charge in [-0.2, -0.15) is 30.7 Å². The van der Waals surface area contributed by atoms with Gasteiger partial charge in [-0.3, -0.25) is 3.63 Å². The van der Waals surface area contributed by atoms with Crippen molar-refractivity contribution in [2.24, 2.45) is 0 Å². The van der Waals surface area contributed by atoms with E-state index in [0.717, 1.165) is 0 Å². The van der Waals surface area contributed by atoms with Crippen molar-refractivity contribution in [1.82, 2.24) is 0 Å². The molecule has 196 valence electrons. The minimum Gasteiger partial charge on any atom is -0.257 e. The lowest BCUT2D eigenvalue weighted by atomic mass is 10.2. The number of halogens is 7. The third-order valence-corrected chi connectivity index (χ3v) is 10.8. The summed E-state index contributed by atoms with van der Waals surface area (Å²) in [5, 5.41) is -6.57. The normalized spacial score (nSPS) is 14.1. The highest BCUT2D eigenvalue weighted by atomic mass is 32.3. The molecule has 12 heteroatoms. The molecule has 0 saturated heterocycles. The largest absolute Gasteiger partial charge is 0.489 e.